The molecule has 4 heteroatoms. The maximum Gasteiger partial charge on any atom is 0.188 e. The Morgan fingerprint density at radius 3 is 2.32 bits per heavy atom. The number of thioether (sulfide) groups is 1. The number of nitrogens with one attached hydrogen (secondary N) is 1. The maximum absolute atomic E-state index is 4.58. The van der Waals surface area contributed by atoms with Crippen LogP contribution in [0, 0.1) is 20.8 Å². The average Bonchev–Trinajstić information content (AvgIpc) is 2.86. The van der Waals surface area contributed by atoms with Gasteiger partial charge in [-0.3, -0.25) is 0 Å². The number of hydrogen-bond donors (Lipinski definition) is 1. The zero-order valence-corrected chi connectivity index (χ0v) is 13.3. The van der Waals surface area contributed by atoms with Gasteiger partial charge in [0, 0.05) is 29.2 Å². The van der Waals surface area contributed by atoms with Crippen LogP contribution in [0.2, 0.25) is 0 Å². The van der Waals surface area contributed by atoms with Crippen LogP contribution in [0.4, 0.5) is 0 Å². The van der Waals surface area contributed by atoms with E-state index < -0.39 is 0 Å². The van der Waals surface area contributed by atoms with Crippen LogP contribution in [-0.2, 0) is 0 Å². The normalized spacial score (nSPS) is 17.9. The van der Waals surface area contributed by atoms with Crippen LogP contribution >= 0.6 is 11.8 Å². The Bertz CT molecular complexity index is 404. The predicted octanol–water partition coefficient (Wildman–Crippen LogP) is 3.41. The first kappa shape index (κ1) is 14.8. The second kappa shape index (κ2) is 6.71. The molecule has 0 amide bonds. The van der Waals surface area contributed by atoms with Crippen LogP contribution in [-0.4, -0.2) is 27.8 Å². The zero-order valence-electron chi connectivity index (χ0n) is 12.5. The Labute approximate surface area is 121 Å². The molecule has 0 spiro atoms. The van der Waals surface area contributed by atoms with Gasteiger partial charge >= 0.3 is 0 Å². The van der Waals surface area contributed by atoms with Crippen molar-refractivity contribution in [2.75, 3.05) is 6.54 Å². The van der Waals surface area contributed by atoms with Gasteiger partial charge in [0.2, 0.25) is 0 Å². The average molecular weight is 279 g/mol. The molecule has 3 nitrogen and oxygen atoms in total. The van der Waals surface area contributed by atoms with E-state index in [-0.39, 0.29) is 0 Å². The summed E-state index contributed by atoms with van der Waals surface area (Å²) < 4.78 is 0. The van der Waals surface area contributed by atoms with E-state index in [9.17, 15) is 0 Å². The van der Waals surface area contributed by atoms with Crippen LogP contribution in [0.15, 0.2) is 5.16 Å². The lowest BCUT2D eigenvalue weighted by Gasteiger charge is -2.16. The summed E-state index contributed by atoms with van der Waals surface area (Å²) in [7, 11) is 0. The molecule has 2 rings (SSSR count). The molecule has 1 heterocycles. The van der Waals surface area contributed by atoms with E-state index in [1.807, 2.05) is 0 Å². The van der Waals surface area contributed by atoms with Crippen molar-refractivity contribution < 1.29 is 0 Å². The number of hydrogen-bond acceptors (Lipinski definition) is 4. The first-order valence-electron chi connectivity index (χ1n) is 7.28. The highest BCUT2D eigenvalue weighted by molar-refractivity contribution is 7.99. The summed E-state index contributed by atoms with van der Waals surface area (Å²) in [5.41, 5.74) is 3.41. The summed E-state index contributed by atoms with van der Waals surface area (Å²) in [6.07, 6.45) is 5.46. The monoisotopic (exact) mass is 279 g/mol. The van der Waals surface area contributed by atoms with Crippen molar-refractivity contribution in [2.45, 2.75) is 69.8 Å². The van der Waals surface area contributed by atoms with Gasteiger partial charge < -0.3 is 5.32 Å². The van der Waals surface area contributed by atoms with Crippen molar-refractivity contribution in [3.05, 3.63) is 17.0 Å². The topological polar surface area (TPSA) is 37.8 Å². The number of aromatic nitrogens is 2. The Morgan fingerprint density at radius 1 is 1.16 bits per heavy atom. The zero-order chi connectivity index (χ0) is 13.8. The van der Waals surface area contributed by atoms with Crippen LogP contribution in [0.25, 0.3) is 0 Å². The van der Waals surface area contributed by atoms with Gasteiger partial charge in [-0.05, 0) is 39.2 Å². The molecule has 1 atom stereocenters. The van der Waals surface area contributed by atoms with Gasteiger partial charge in [0.15, 0.2) is 5.16 Å². The first-order chi connectivity index (χ1) is 9.06. The van der Waals surface area contributed by atoms with Crippen molar-refractivity contribution in [3.63, 3.8) is 0 Å². The number of nitrogens with zero attached hydrogens (tertiary/aromatic N) is 2. The summed E-state index contributed by atoms with van der Waals surface area (Å²) in [5, 5.41) is 5.10. The molecule has 0 radical (unpaired) electrons. The lowest BCUT2D eigenvalue weighted by Crippen LogP contribution is -2.31. The Kier molecular flexibility index (Phi) is 5.22. The molecule has 0 saturated heterocycles. The van der Waals surface area contributed by atoms with E-state index in [0.29, 0.717) is 5.25 Å². The van der Waals surface area contributed by atoms with E-state index in [1.54, 1.807) is 11.8 Å². The second-order valence-corrected chi connectivity index (χ2v) is 7.03. The van der Waals surface area contributed by atoms with Crippen LogP contribution in [0.1, 0.15) is 49.6 Å². The molecule has 1 aromatic heterocycles. The van der Waals surface area contributed by atoms with Crippen molar-refractivity contribution in [3.8, 4) is 0 Å². The third kappa shape index (κ3) is 4.18. The summed E-state index contributed by atoms with van der Waals surface area (Å²) in [6.45, 7) is 9.51. The van der Waals surface area contributed by atoms with Crippen molar-refractivity contribution in [1.29, 1.82) is 0 Å². The molecular formula is C15H25N3S. The van der Waals surface area contributed by atoms with E-state index in [0.717, 1.165) is 29.1 Å². The van der Waals surface area contributed by atoms with E-state index in [1.165, 1.54) is 31.2 Å². The van der Waals surface area contributed by atoms with Gasteiger partial charge in [0.25, 0.3) is 0 Å². The summed E-state index contributed by atoms with van der Waals surface area (Å²) in [6, 6.07) is 0.741. The van der Waals surface area contributed by atoms with Crippen molar-refractivity contribution in [1.82, 2.24) is 15.3 Å². The van der Waals surface area contributed by atoms with E-state index >= 15 is 0 Å². The van der Waals surface area contributed by atoms with Gasteiger partial charge in [-0.2, -0.15) is 0 Å². The fourth-order valence-electron chi connectivity index (χ4n) is 2.48. The lowest BCUT2D eigenvalue weighted by atomic mass is 10.2. The molecule has 1 aliphatic rings. The summed E-state index contributed by atoms with van der Waals surface area (Å²) in [5.74, 6) is 0. The van der Waals surface area contributed by atoms with Gasteiger partial charge in [0.05, 0.1) is 0 Å². The molecule has 1 aliphatic carbocycles. The fourth-order valence-corrected chi connectivity index (χ4v) is 3.40. The fraction of sp³-hybridized carbons (Fsp3) is 0.733. The molecule has 1 N–H and O–H groups in total. The molecule has 19 heavy (non-hydrogen) atoms. The van der Waals surface area contributed by atoms with Crippen LogP contribution in [0.5, 0.6) is 0 Å². The van der Waals surface area contributed by atoms with E-state index in [2.05, 4.69) is 43.0 Å². The lowest BCUT2D eigenvalue weighted by molar-refractivity contribution is 0.527. The minimum atomic E-state index is 0.516. The third-order valence-corrected chi connectivity index (χ3v) is 4.93. The minimum Gasteiger partial charge on any atom is -0.313 e. The Morgan fingerprint density at radius 2 is 1.74 bits per heavy atom. The van der Waals surface area contributed by atoms with Gasteiger partial charge in [-0.1, -0.05) is 31.5 Å². The van der Waals surface area contributed by atoms with Gasteiger partial charge in [0.1, 0.15) is 0 Å². The van der Waals surface area contributed by atoms with Gasteiger partial charge in [-0.15, -0.1) is 0 Å². The largest absolute Gasteiger partial charge is 0.313 e. The van der Waals surface area contributed by atoms with Crippen LogP contribution < -0.4 is 5.32 Å². The number of rotatable bonds is 5. The molecule has 1 saturated carbocycles. The SMILES string of the molecule is Cc1nc(SC(C)CNC2CCCC2)nc(C)c1C. The second-order valence-electron chi connectivity index (χ2n) is 5.62. The van der Waals surface area contributed by atoms with Crippen molar-refractivity contribution >= 4 is 11.8 Å². The third-order valence-electron chi connectivity index (χ3n) is 3.97. The quantitative estimate of drug-likeness (QED) is 0.662. The summed E-state index contributed by atoms with van der Waals surface area (Å²) >= 11 is 1.78. The summed E-state index contributed by atoms with van der Waals surface area (Å²) in [4.78, 5) is 9.15. The Balaban J connectivity index is 1.85. The molecule has 0 aromatic carbocycles. The van der Waals surface area contributed by atoms with Gasteiger partial charge in [-0.25, -0.2) is 9.97 Å². The molecule has 1 unspecified atom stereocenters. The molecule has 106 valence electrons. The van der Waals surface area contributed by atoms with Crippen molar-refractivity contribution in [2.24, 2.45) is 0 Å². The van der Waals surface area contributed by atoms with E-state index in [4.69, 9.17) is 0 Å². The smallest absolute Gasteiger partial charge is 0.188 e. The molecule has 0 aliphatic heterocycles. The highest BCUT2D eigenvalue weighted by Gasteiger charge is 2.16. The van der Waals surface area contributed by atoms with Crippen LogP contribution in [0.3, 0.4) is 0 Å². The molecule has 1 aromatic rings. The number of aryl methyl sites for hydroxylation is 2. The molecular weight excluding hydrogens is 254 g/mol. The maximum atomic E-state index is 4.58. The first-order valence-corrected chi connectivity index (χ1v) is 8.16. The Hall–Kier alpha value is -0.610. The highest BCUT2D eigenvalue weighted by Crippen LogP contribution is 2.22. The molecule has 1 fully saturated rings. The standard InChI is InChI=1S/C15H25N3S/c1-10(9-16-14-7-5-6-8-14)19-15-17-12(3)11(2)13(4)18-15/h10,14,16H,5-9H2,1-4H3. The molecule has 0 bridgehead atoms. The highest BCUT2D eigenvalue weighted by atomic mass is 32.2. The predicted molar refractivity (Wildman–Crippen MR) is 81.8 cm³/mol. The minimum absolute atomic E-state index is 0.516.